The molecule has 2 amide bonds. The van der Waals surface area contributed by atoms with Gasteiger partial charge in [-0.05, 0) is 28.1 Å². The first-order valence-corrected chi connectivity index (χ1v) is 6.02. The van der Waals surface area contributed by atoms with Crippen LogP contribution in [0.4, 0.5) is 0 Å². The van der Waals surface area contributed by atoms with Gasteiger partial charge in [0.15, 0.2) is 0 Å². The summed E-state index contributed by atoms with van der Waals surface area (Å²) >= 11 is 3.28. The van der Waals surface area contributed by atoms with Crippen molar-refractivity contribution >= 4 is 27.7 Å². The summed E-state index contributed by atoms with van der Waals surface area (Å²) < 4.78 is 0.753. The lowest BCUT2D eigenvalue weighted by Gasteiger charge is -2.10. The SMILES string of the molecule is CN1C(=O)CC(NCc2cccc(Br)n2)C1=O. The van der Waals surface area contributed by atoms with E-state index in [4.69, 9.17) is 0 Å². The van der Waals surface area contributed by atoms with E-state index in [-0.39, 0.29) is 18.2 Å². The van der Waals surface area contributed by atoms with Crippen molar-refractivity contribution in [2.45, 2.75) is 19.0 Å². The van der Waals surface area contributed by atoms with Crippen LogP contribution in [0.1, 0.15) is 12.1 Å². The summed E-state index contributed by atoms with van der Waals surface area (Å²) in [6.45, 7) is 0.469. The Morgan fingerprint density at radius 3 is 2.88 bits per heavy atom. The lowest BCUT2D eigenvalue weighted by atomic mass is 10.2. The molecule has 90 valence electrons. The molecule has 0 spiro atoms. The maximum atomic E-state index is 11.6. The van der Waals surface area contributed by atoms with E-state index in [9.17, 15) is 9.59 Å². The van der Waals surface area contributed by atoms with Crippen molar-refractivity contribution in [3.05, 3.63) is 28.5 Å². The maximum Gasteiger partial charge on any atom is 0.246 e. The fourth-order valence-electron chi connectivity index (χ4n) is 1.69. The van der Waals surface area contributed by atoms with Gasteiger partial charge in [-0.2, -0.15) is 0 Å². The van der Waals surface area contributed by atoms with E-state index in [0.29, 0.717) is 6.54 Å². The number of aromatic nitrogens is 1. The zero-order valence-corrected chi connectivity index (χ0v) is 10.9. The maximum absolute atomic E-state index is 11.6. The highest BCUT2D eigenvalue weighted by Crippen LogP contribution is 2.12. The Bertz CT molecular complexity index is 464. The average molecular weight is 298 g/mol. The molecule has 1 fully saturated rings. The molecule has 0 radical (unpaired) electrons. The molecule has 1 aromatic rings. The number of nitrogens with one attached hydrogen (secondary N) is 1. The second kappa shape index (κ2) is 4.93. The van der Waals surface area contributed by atoms with E-state index >= 15 is 0 Å². The van der Waals surface area contributed by atoms with Crippen LogP contribution in [0.2, 0.25) is 0 Å². The van der Waals surface area contributed by atoms with Crippen molar-refractivity contribution in [1.29, 1.82) is 0 Å². The standard InChI is InChI=1S/C11H12BrN3O2/c1-15-10(16)5-8(11(15)17)13-6-7-3-2-4-9(12)14-7/h2-4,8,13H,5-6H2,1H3. The molecule has 0 aliphatic carbocycles. The van der Waals surface area contributed by atoms with Gasteiger partial charge in [-0.1, -0.05) is 6.07 Å². The minimum Gasteiger partial charge on any atom is -0.300 e. The zero-order chi connectivity index (χ0) is 12.4. The van der Waals surface area contributed by atoms with Gasteiger partial charge in [0.1, 0.15) is 4.60 Å². The van der Waals surface area contributed by atoms with Crippen molar-refractivity contribution in [2.24, 2.45) is 0 Å². The average Bonchev–Trinajstić information content (AvgIpc) is 2.54. The first-order valence-electron chi connectivity index (χ1n) is 5.23. The van der Waals surface area contributed by atoms with Crippen molar-refractivity contribution in [2.75, 3.05) is 7.05 Å². The minimum atomic E-state index is -0.423. The fourth-order valence-corrected chi connectivity index (χ4v) is 2.07. The molecule has 1 aliphatic rings. The third kappa shape index (κ3) is 2.70. The van der Waals surface area contributed by atoms with Crippen LogP contribution in [0, 0.1) is 0 Å². The lowest BCUT2D eigenvalue weighted by molar-refractivity contribution is -0.137. The van der Waals surface area contributed by atoms with E-state index in [1.807, 2.05) is 18.2 Å². The van der Waals surface area contributed by atoms with Crippen LogP contribution in [0.25, 0.3) is 0 Å². The van der Waals surface area contributed by atoms with Gasteiger partial charge in [-0.3, -0.25) is 19.8 Å². The summed E-state index contributed by atoms with van der Waals surface area (Å²) in [6, 6.07) is 5.15. The molecule has 5 nitrogen and oxygen atoms in total. The van der Waals surface area contributed by atoms with Crippen LogP contribution in [0.15, 0.2) is 22.8 Å². The number of imide groups is 1. The number of pyridine rings is 1. The van der Waals surface area contributed by atoms with Crippen LogP contribution >= 0.6 is 15.9 Å². The van der Waals surface area contributed by atoms with Crippen LogP contribution in [0.5, 0.6) is 0 Å². The van der Waals surface area contributed by atoms with Gasteiger partial charge in [0, 0.05) is 13.6 Å². The molecule has 0 bridgehead atoms. The number of likely N-dealkylation sites (N-methyl/N-ethyl adjacent to an activating group) is 1. The number of halogens is 1. The van der Waals surface area contributed by atoms with Gasteiger partial charge in [0.05, 0.1) is 18.2 Å². The lowest BCUT2D eigenvalue weighted by Crippen LogP contribution is -2.36. The molecular weight excluding hydrogens is 286 g/mol. The predicted octanol–water partition coefficient (Wildman–Crippen LogP) is 0.691. The molecule has 0 saturated carbocycles. The summed E-state index contributed by atoms with van der Waals surface area (Å²) in [5, 5.41) is 3.04. The minimum absolute atomic E-state index is 0.144. The van der Waals surface area contributed by atoms with Crippen LogP contribution < -0.4 is 5.32 Å². The molecule has 1 aromatic heterocycles. The quantitative estimate of drug-likeness (QED) is 0.659. The molecule has 17 heavy (non-hydrogen) atoms. The molecule has 0 aromatic carbocycles. The van der Waals surface area contributed by atoms with Gasteiger partial charge in [-0.25, -0.2) is 4.98 Å². The molecule has 1 N–H and O–H groups in total. The summed E-state index contributed by atoms with van der Waals surface area (Å²) in [6.07, 6.45) is 0.226. The Labute approximate surface area is 107 Å². The smallest absolute Gasteiger partial charge is 0.246 e. The number of carbonyl (C=O) groups excluding carboxylic acids is 2. The van der Waals surface area contributed by atoms with Gasteiger partial charge in [0.2, 0.25) is 11.8 Å². The van der Waals surface area contributed by atoms with Crippen molar-refractivity contribution in [3.8, 4) is 0 Å². The number of amides is 2. The van der Waals surface area contributed by atoms with E-state index < -0.39 is 6.04 Å². The topological polar surface area (TPSA) is 62.3 Å². The number of hydrogen-bond acceptors (Lipinski definition) is 4. The molecule has 1 saturated heterocycles. The highest BCUT2D eigenvalue weighted by molar-refractivity contribution is 9.10. The highest BCUT2D eigenvalue weighted by Gasteiger charge is 2.35. The van der Waals surface area contributed by atoms with Gasteiger partial charge in [0.25, 0.3) is 0 Å². The Morgan fingerprint density at radius 1 is 1.53 bits per heavy atom. The Kier molecular flexibility index (Phi) is 3.54. The molecule has 1 atom stereocenters. The Morgan fingerprint density at radius 2 is 2.29 bits per heavy atom. The normalized spacial score (nSPS) is 20.1. The highest BCUT2D eigenvalue weighted by atomic mass is 79.9. The number of hydrogen-bond donors (Lipinski definition) is 1. The summed E-state index contributed by atoms with van der Waals surface area (Å²) in [5.41, 5.74) is 0.828. The molecular formula is C11H12BrN3O2. The first kappa shape index (κ1) is 12.2. The number of carbonyl (C=O) groups is 2. The second-order valence-electron chi connectivity index (χ2n) is 3.88. The Hall–Kier alpha value is -1.27. The first-order chi connectivity index (χ1) is 8.08. The van der Waals surface area contributed by atoms with Gasteiger partial charge in [-0.15, -0.1) is 0 Å². The monoisotopic (exact) mass is 297 g/mol. The molecule has 1 unspecified atom stereocenters. The van der Waals surface area contributed by atoms with Crippen LogP contribution in [-0.2, 0) is 16.1 Å². The largest absolute Gasteiger partial charge is 0.300 e. The molecule has 2 heterocycles. The van der Waals surface area contributed by atoms with Crippen LogP contribution in [-0.4, -0.2) is 34.8 Å². The molecule has 2 rings (SSSR count). The third-order valence-corrected chi connectivity index (χ3v) is 3.13. The molecule has 6 heteroatoms. The summed E-state index contributed by atoms with van der Waals surface area (Å²) in [5.74, 6) is -0.320. The van der Waals surface area contributed by atoms with E-state index in [1.54, 1.807) is 0 Å². The summed E-state index contributed by atoms with van der Waals surface area (Å²) in [7, 11) is 1.50. The van der Waals surface area contributed by atoms with Crippen molar-refractivity contribution in [3.63, 3.8) is 0 Å². The van der Waals surface area contributed by atoms with Crippen LogP contribution in [0.3, 0.4) is 0 Å². The van der Waals surface area contributed by atoms with Crippen molar-refractivity contribution < 1.29 is 9.59 Å². The van der Waals surface area contributed by atoms with Gasteiger partial charge < -0.3 is 0 Å². The van der Waals surface area contributed by atoms with E-state index in [2.05, 4.69) is 26.2 Å². The Balaban J connectivity index is 1.95. The van der Waals surface area contributed by atoms with E-state index in [0.717, 1.165) is 15.2 Å². The third-order valence-electron chi connectivity index (χ3n) is 2.68. The number of nitrogens with zero attached hydrogens (tertiary/aromatic N) is 2. The second-order valence-corrected chi connectivity index (χ2v) is 4.69. The number of likely N-dealkylation sites (tertiary alicyclic amines) is 1. The zero-order valence-electron chi connectivity index (χ0n) is 9.31. The fraction of sp³-hybridized carbons (Fsp3) is 0.364. The predicted molar refractivity (Wildman–Crippen MR) is 65.0 cm³/mol. The number of rotatable bonds is 3. The van der Waals surface area contributed by atoms with Crippen molar-refractivity contribution in [1.82, 2.24) is 15.2 Å². The molecule has 1 aliphatic heterocycles. The van der Waals surface area contributed by atoms with Gasteiger partial charge >= 0.3 is 0 Å². The summed E-state index contributed by atoms with van der Waals surface area (Å²) in [4.78, 5) is 28.3. The van der Waals surface area contributed by atoms with E-state index in [1.165, 1.54) is 7.05 Å².